The summed E-state index contributed by atoms with van der Waals surface area (Å²) in [5, 5.41) is 5.01. The second kappa shape index (κ2) is 4.61. The first kappa shape index (κ1) is 13.5. The van der Waals surface area contributed by atoms with Crippen molar-refractivity contribution in [2.45, 2.75) is 35.1 Å². The van der Waals surface area contributed by atoms with Crippen molar-refractivity contribution in [2.24, 2.45) is 5.14 Å². The Hall–Kier alpha value is -0.960. The maximum Gasteiger partial charge on any atom is 0.242 e. The molecule has 1 aliphatic carbocycles. The Labute approximate surface area is 106 Å². The minimum atomic E-state index is -4.06. The number of primary sulfonamides is 1. The molecule has 0 unspecified atom stereocenters. The van der Waals surface area contributed by atoms with Gasteiger partial charge in [0.15, 0.2) is 0 Å². The molecule has 0 atom stereocenters. The van der Waals surface area contributed by atoms with Crippen LogP contribution in [-0.4, -0.2) is 22.9 Å². The van der Waals surface area contributed by atoms with E-state index in [1.807, 2.05) is 0 Å². The predicted octanol–water partition coefficient (Wildman–Crippen LogP) is 0.165. The van der Waals surface area contributed by atoms with Gasteiger partial charge in [-0.1, -0.05) is 18.6 Å². The smallest absolute Gasteiger partial charge is 0.225 e. The summed E-state index contributed by atoms with van der Waals surface area (Å²) in [4.78, 5) is -0.670. The summed E-state index contributed by atoms with van der Waals surface area (Å²) in [7, 11) is -7.90. The Morgan fingerprint density at radius 3 is 2.06 bits per heavy atom. The van der Waals surface area contributed by atoms with Gasteiger partial charge in [-0.2, -0.15) is 0 Å². The van der Waals surface area contributed by atoms with Crippen molar-refractivity contribution in [3.8, 4) is 0 Å². The van der Waals surface area contributed by atoms with Gasteiger partial charge in [-0.25, -0.2) is 26.7 Å². The zero-order valence-corrected chi connectivity index (χ0v) is 11.2. The minimum absolute atomic E-state index is 0.108. The number of nitrogens with one attached hydrogen (secondary N) is 1. The molecule has 0 spiro atoms. The van der Waals surface area contributed by atoms with Gasteiger partial charge in [0.05, 0.1) is 0 Å². The van der Waals surface area contributed by atoms with Crippen LogP contribution in [0.25, 0.3) is 0 Å². The van der Waals surface area contributed by atoms with Crippen LogP contribution in [0.2, 0.25) is 0 Å². The zero-order chi connectivity index (χ0) is 13.4. The summed E-state index contributed by atoms with van der Waals surface area (Å²) >= 11 is 0. The molecule has 8 heteroatoms. The summed E-state index contributed by atoms with van der Waals surface area (Å²) in [6.45, 7) is 0. The second-order valence-corrected chi connectivity index (χ2v) is 7.45. The molecule has 1 saturated carbocycles. The van der Waals surface area contributed by atoms with E-state index in [-0.39, 0.29) is 15.8 Å². The molecule has 0 aliphatic heterocycles. The van der Waals surface area contributed by atoms with Gasteiger partial charge in [-0.15, -0.1) is 0 Å². The number of benzene rings is 1. The molecule has 0 saturated heterocycles. The lowest BCUT2D eigenvalue weighted by atomic mass is 9.94. The number of nitrogens with two attached hydrogens (primary N) is 1. The minimum Gasteiger partial charge on any atom is -0.225 e. The fraction of sp³-hybridized carbons (Fsp3) is 0.400. The monoisotopic (exact) mass is 290 g/mol. The number of sulfonamides is 2. The van der Waals surface area contributed by atoms with Crippen LogP contribution in [0.15, 0.2) is 34.1 Å². The van der Waals surface area contributed by atoms with Gasteiger partial charge in [0, 0.05) is 6.04 Å². The molecule has 0 bridgehead atoms. The van der Waals surface area contributed by atoms with Crippen molar-refractivity contribution < 1.29 is 16.8 Å². The molecule has 1 aromatic rings. The standard InChI is InChI=1S/C10H14N2O4S2/c11-17(13,14)9-6-1-2-7-10(9)18(15,16)12-8-4-3-5-8/h1-2,6-8,12H,3-5H2,(H2,11,13,14). The van der Waals surface area contributed by atoms with E-state index in [0.29, 0.717) is 0 Å². The first-order valence-corrected chi connectivity index (χ1v) is 8.48. The lowest BCUT2D eigenvalue weighted by Gasteiger charge is -2.26. The van der Waals surface area contributed by atoms with Gasteiger partial charge in [0.1, 0.15) is 9.79 Å². The molecule has 1 aromatic carbocycles. The van der Waals surface area contributed by atoms with Crippen molar-refractivity contribution in [1.29, 1.82) is 0 Å². The fourth-order valence-electron chi connectivity index (χ4n) is 1.72. The first-order chi connectivity index (χ1) is 8.31. The molecule has 0 aromatic heterocycles. The van der Waals surface area contributed by atoms with Crippen LogP contribution in [0.5, 0.6) is 0 Å². The predicted molar refractivity (Wildman–Crippen MR) is 65.8 cm³/mol. The van der Waals surface area contributed by atoms with Crippen LogP contribution < -0.4 is 9.86 Å². The van der Waals surface area contributed by atoms with Crippen LogP contribution in [0.4, 0.5) is 0 Å². The van der Waals surface area contributed by atoms with E-state index < -0.39 is 20.0 Å². The van der Waals surface area contributed by atoms with Gasteiger partial charge in [-0.05, 0) is 25.0 Å². The Morgan fingerprint density at radius 1 is 1.06 bits per heavy atom. The largest absolute Gasteiger partial charge is 0.242 e. The maximum absolute atomic E-state index is 12.1. The normalized spacial score (nSPS) is 17.4. The fourth-order valence-corrected chi connectivity index (χ4v) is 4.40. The Morgan fingerprint density at radius 2 is 1.61 bits per heavy atom. The number of hydrogen-bond donors (Lipinski definition) is 2. The summed E-state index contributed by atoms with van der Waals surface area (Å²) in [5.41, 5.74) is 0. The quantitative estimate of drug-likeness (QED) is 0.824. The summed E-state index contributed by atoms with van der Waals surface area (Å²) in [6.07, 6.45) is 2.53. The van der Waals surface area contributed by atoms with Gasteiger partial charge in [0.2, 0.25) is 20.0 Å². The Kier molecular flexibility index (Phi) is 3.45. The highest BCUT2D eigenvalue weighted by molar-refractivity contribution is 7.92. The van der Waals surface area contributed by atoms with Crippen LogP contribution in [0.1, 0.15) is 19.3 Å². The highest BCUT2D eigenvalue weighted by Gasteiger charge is 2.28. The number of hydrogen-bond acceptors (Lipinski definition) is 4. The van der Waals surface area contributed by atoms with Crippen molar-refractivity contribution in [3.05, 3.63) is 24.3 Å². The van der Waals surface area contributed by atoms with E-state index >= 15 is 0 Å². The van der Waals surface area contributed by atoms with E-state index in [4.69, 9.17) is 5.14 Å². The van der Waals surface area contributed by atoms with E-state index in [0.717, 1.165) is 19.3 Å². The third kappa shape index (κ3) is 2.72. The summed E-state index contributed by atoms with van der Waals surface area (Å²) in [5.74, 6) is 0. The topological polar surface area (TPSA) is 106 Å². The van der Waals surface area contributed by atoms with Crippen molar-refractivity contribution in [3.63, 3.8) is 0 Å². The van der Waals surface area contributed by atoms with Gasteiger partial charge in [0.25, 0.3) is 0 Å². The molecular formula is C10H14N2O4S2. The van der Waals surface area contributed by atoms with E-state index in [9.17, 15) is 16.8 Å². The molecular weight excluding hydrogens is 276 g/mol. The zero-order valence-electron chi connectivity index (χ0n) is 9.53. The highest BCUT2D eigenvalue weighted by Crippen LogP contribution is 2.24. The van der Waals surface area contributed by atoms with Gasteiger partial charge < -0.3 is 0 Å². The highest BCUT2D eigenvalue weighted by atomic mass is 32.2. The van der Waals surface area contributed by atoms with E-state index in [2.05, 4.69) is 4.72 Å². The van der Waals surface area contributed by atoms with Crippen molar-refractivity contribution in [2.75, 3.05) is 0 Å². The number of rotatable bonds is 4. The molecule has 3 N–H and O–H groups in total. The third-order valence-electron chi connectivity index (χ3n) is 2.87. The molecule has 2 rings (SSSR count). The SMILES string of the molecule is NS(=O)(=O)c1ccccc1S(=O)(=O)NC1CCC1. The lowest BCUT2D eigenvalue weighted by molar-refractivity contribution is 0.383. The molecule has 0 heterocycles. The first-order valence-electron chi connectivity index (χ1n) is 5.45. The Bertz CT molecular complexity index is 648. The maximum atomic E-state index is 12.1. The second-order valence-electron chi connectivity index (χ2n) is 4.24. The molecule has 18 heavy (non-hydrogen) atoms. The molecule has 1 fully saturated rings. The molecule has 0 amide bonds. The summed E-state index contributed by atoms with van der Waals surface area (Å²) < 4.78 is 49.3. The van der Waals surface area contributed by atoms with E-state index in [1.165, 1.54) is 24.3 Å². The lowest BCUT2D eigenvalue weighted by Crippen LogP contribution is -2.40. The van der Waals surface area contributed by atoms with Gasteiger partial charge >= 0.3 is 0 Å². The van der Waals surface area contributed by atoms with Gasteiger partial charge in [-0.3, -0.25) is 0 Å². The van der Waals surface area contributed by atoms with Crippen molar-refractivity contribution in [1.82, 2.24) is 4.72 Å². The third-order valence-corrected chi connectivity index (χ3v) is 5.55. The van der Waals surface area contributed by atoms with Crippen LogP contribution >= 0.6 is 0 Å². The average Bonchev–Trinajstić information content (AvgIpc) is 2.23. The molecule has 1 aliphatic rings. The molecule has 6 nitrogen and oxygen atoms in total. The van der Waals surface area contributed by atoms with E-state index in [1.54, 1.807) is 0 Å². The van der Waals surface area contributed by atoms with Crippen molar-refractivity contribution >= 4 is 20.0 Å². The molecule has 100 valence electrons. The summed E-state index contributed by atoms with van der Waals surface area (Å²) in [6, 6.07) is 5.21. The van der Waals surface area contributed by atoms with Crippen LogP contribution in [-0.2, 0) is 20.0 Å². The average molecular weight is 290 g/mol. The molecule has 0 radical (unpaired) electrons. The van der Waals surface area contributed by atoms with Crippen LogP contribution in [0.3, 0.4) is 0 Å². The Balaban J connectivity index is 2.44. The van der Waals surface area contributed by atoms with Crippen LogP contribution in [0, 0.1) is 0 Å².